The highest BCUT2D eigenvalue weighted by Gasteiger charge is 2.10. The summed E-state index contributed by atoms with van der Waals surface area (Å²) in [4.78, 5) is 9.83. The molecule has 0 fully saturated rings. The van der Waals surface area contributed by atoms with E-state index in [-0.39, 0.29) is 11.5 Å². The van der Waals surface area contributed by atoms with Crippen LogP contribution in [0.15, 0.2) is 66.7 Å². The zero-order valence-corrected chi connectivity index (χ0v) is 9.25. The first-order valence-corrected chi connectivity index (χ1v) is 5.35. The van der Waals surface area contributed by atoms with Crippen molar-refractivity contribution in [2.45, 2.75) is 0 Å². The molecule has 0 saturated carbocycles. The first-order chi connectivity index (χ1) is 8.27. The molecule has 0 aliphatic heterocycles. The van der Waals surface area contributed by atoms with Crippen LogP contribution in [0.4, 0.5) is 0 Å². The summed E-state index contributed by atoms with van der Waals surface area (Å²) in [6.45, 7) is 0. The fraction of sp³-hybridized carbons (Fsp3) is 0. The van der Waals surface area contributed by atoms with Crippen LogP contribution in [0.25, 0.3) is 5.76 Å². The van der Waals surface area contributed by atoms with Crippen molar-refractivity contribution in [2.75, 3.05) is 0 Å². The summed E-state index contributed by atoms with van der Waals surface area (Å²) in [6, 6.07) is 18.2. The Morgan fingerprint density at radius 2 is 1.29 bits per heavy atom. The van der Waals surface area contributed by atoms with Crippen molar-refractivity contribution >= 4 is 11.5 Å². The van der Waals surface area contributed by atoms with Crippen LogP contribution in [0.3, 0.4) is 0 Å². The quantitative estimate of drug-likeness (QED) is 0.370. The lowest BCUT2D eigenvalue weighted by molar-refractivity contribution is 0.511. The highest BCUT2D eigenvalue weighted by molar-refractivity contribution is 6.08. The van der Waals surface area contributed by atoms with Crippen LogP contribution < -0.4 is 0 Å². The molecule has 2 heteroatoms. The normalized spacial score (nSPS) is 11.2. The van der Waals surface area contributed by atoms with Gasteiger partial charge in [-0.25, -0.2) is 0 Å². The molecule has 0 aliphatic rings. The molecule has 2 aromatic carbocycles. The van der Waals surface area contributed by atoms with Gasteiger partial charge in [0.15, 0.2) is 0 Å². The average Bonchev–Trinajstić information content (AvgIpc) is 2.40. The zero-order chi connectivity index (χ0) is 12.1. The molecule has 84 valence electrons. The topological polar surface area (TPSA) is 41.6 Å². The lowest BCUT2D eigenvalue weighted by atomic mass is 10.1. The Morgan fingerprint density at radius 1 is 0.824 bits per heavy atom. The van der Waals surface area contributed by atoms with Gasteiger partial charge in [-0.2, -0.15) is 0 Å². The Balaban J connectivity index is 2.24. The molecule has 0 saturated heterocycles. The van der Waals surface area contributed by atoms with E-state index in [2.05, 4.69) is 0 Å². The maximum absolute atomic E-state index is 9.83. The molecular formula is C15H13O2+. The van der Waals surface area contributed by atoms with Gasteiger partial charge in [-0.05, 0) is 12.1 Å². The fourth-order valence-electron chi connectivity index (χ4n) is 1.51. The molecule has 2 rings (SSSR count). The van der Waals surface area contributed by atoms with E-state index in [1.165, 1.54) is 6.08 Å². The van der Waals surface area contributed by atoms with Gasteiger partial charge in [-0.3, -0.25) is 4.79 Å². The summed E-state index contributed by atoms with van der Waals surface area (Å²) in [5.41, 5.74) is 1.35. The second-order valence-electron chi connectivity index (χ2n) is 3.65. The molecular weight excluding hydrogens is 212 g/mol. The third kappa shape index (κ3) is 2.82. The number of rotatable bonds is 3. The van der Waals surface area contributed by atoms with Gasteiger partial charge in [0.2, 0.25) is 0 Å². The minimum Gasteiger partial charge on any atom is -0.507 e. The van der Waals surface area contributed by atoms with E-state index >= 15 is 0 Å². The molecule has 0 amide bonds. The second-order valence-corrected chi connectivity index (χ2v) is 3.65. The largest absolute Gasteiger partial charge is 0.507 e. The number of aliphatic hydroxyl groups excluding tert-OH is 1. The maximum Gasteiger partial charge on any atom is 0.350 e. The van der Waals surface area contributed by atoms with E-state index in [0.717, 1.165) is 0 Å². The van der Waals surface area contributed by atoms with Gasteiger partial charge in [-0.15, -0.1) is 0 Å². The molecule has 0 aliphatic carbocycles. The van der Waals surface area contributed by atoms with Crippen LogP contribution in [0, 0.1) is 0 Å². The molecule has 17 heavy (non-hydrogen) atoms. The summed E-state index contributed by atoms with van der Waals surface area (Å²) >= 11 is 0. The molecule has 2 aromatic rings. The smallest absolute Gasteiger partial charge is 0.350 e. The predicted octanol–water partition coefficient (Wildman–Crippen LogP) is 3.18. The van der Waals surface area contributed by atoms with Crippen LogP contribution in [0.1, 0.15) is 11.1 Å². The van der Waals surface area contributed by atoms with Crippen LogP contribution in [-0.4, -0.2) is 15.7 Å². The van der Waals surface area contributed by atoms with Crippen LogP contribution in [0.5, 0.6) is 0 Å². The van der Waals surface area contributed by atoms with E-state index in [4.69, 9.17) is 0 Å². The lowest BCUT2D eigenvalue weighted by Crippen LogP contribution is -1.97. The van der Waals surface area contributed by atoms with Crippen molar-refractivity contribution in [1.29, 1.82) is 0 Å². The zero-order valence-electron chi connectivity index (χ0n) is 9.25. The van der Waals surface area contributed by atoms with Crippen molar-refractivity contribution in [3.05, 3.63) is 77.9 Å². The molecule has 0 heterocycles. The standard InChI is InChI=1S/C15H12O2/c16-14(12-7-3-1-4-8-12)11-15(17)13-9-5-2-6-10-13/h1-11,16H/p+1. The maximum atomic E-state index is 9.83. The molecule has 2 N–H and O–H groups in total. The number of benzene rings is 2. The monoisotopic (exact) mass is 225 g/mol. The Morgan fingerprint density at radius 3 is 1.82 bits per heavy atom. The van der Waals surface area contributed by atoms with Gasteiger partial charge in [0, 0.05) is 5.56 Å². The van der Waals surface area contributed by atoms with Crippen molar-refractivity contribution in [1.82, 2.24) is 0 Å². The SMILES string of the molecule is OC(=CC(=[OH+])c1ccccc1)c1ccccc1. The summed E-state index contributed by atoms with van der Waals surface area (Å²) in [5, 5.41) is 9.83. The van der Waals surface area contributed by atoms with Gasteiger partial charge in [-0.1, -0.05) is 48.5 Å². The first-order valence-electron chi connectivity index (χ1n) is 5.35. The minimum absolute atomic E-state index is 0.0481. The Labute approximate surface area is 99.8 Å². The molecule has 0 atom stereocenters. The molecule has 0 spiro atoms. The van der Waals surface area contributed by atoms with Crippen LogP contribution in [0.2, 0.25) is 0 Å². The molecule has 0 aromatic heterocycles. The summed E-state index contributed by atoms with van der Waals surface area (Å²) in [7, 11) is 0. The number of carbonyl (C=O) groups excluding carboxylic acids is 1. The summed E-state index contributed by atoms with van der Waals surface area (Å²) in [6.07, 6.45) is 1.35. The predicted molar refractivity (Wildman–Crippen MR) is 69.5 cm³/mol. The Kier molecular flexibility index (Phi) is 3.36. The number of hydrogen-bond acceptors (Lipinski definition) is 1. The van der Waals surface area contributed by atoms with Gasteiger partial charge in [0.05, 0.1) is 11.6 Å². The third-order valence-corrected chi connectivity index (χ3v) is 2.41. The average molecular weight is 225 g/mol. The first kappa shape index (κ1) is 11.1. The highest BCUT2D eigenvalue weighted by Crippen LogP contribution is 2.11. The van der Waals surface area contributed by atoms with E-state index in [0.29, 0.717) is 11.1 Å². The number of hydrogen-bond donors (Lipinski definition) is 1. The van der Waals surface area contributed by atoms with Crippen molar-refractivity contribution < 1.29 is 9.90 Å². The minimum atomic E-state index is 0.0481. The van der Waals surface area contributed by atoms with Gasteiger partial charge >= 0.3 is 5.78 Å². The Hall–Kier alpha value is -2.35. The number of ketones is 1. The van der Waals surface area contributed by atoms with E-state index < -0.39 is 0 Å². The van der Waals surface area contributed by atoms with Gasteiger partial charge < -0.3 is 5.11 Å². The summed E-state index contributed by atoms with van der Waals surface area (Å²) in [5.74, 6) is 0.0962. The van der Waals surface area contributed by atoms with Crippen LogP contribution in [-0.2, 0) is 0 Å². The highest BCUT2D eigenvalue weighted by atomic mass is 16.3. The number of aliphatic hydroxyl groups is 1. The fourth-order valence-corrected chi connectivity index (χ4v) is 1.51. The molecule has 0 bridgehead atoms. The van der Waals surface area contributed by atoms with Gasteiger partial charge in [0.25, 0.3) is 0 Å². The lowest BCUT2D eigenvalue weighted by Gasteiger charge is -1.97. The Bertz CT molecular complexity index is 527. The molecule has 0 unspecified atom stereocenters. The van der Waals surface area contributed by atoms with Crippen LogP contribution >= 0.6 is 0 Å². The van der Waals surface area contributed by atoms with Gasteiger partial charge in [0.1, 0.15) is 5.76 Å². The second kappa shape index (κ2) is 5.12. The molecule has 2 nitrogen and oxygen atoms in total. The van der Waals surface area contributed by atoms with Crippen molar-refractivity contribution in [3.63, 3.8) is 0 Å². The van der Waals surface area contributed by atoms with Crippen molar-refractivity contribution in [2.24, 2.45) is 0 Å². The number of allylic oxidation sites excluding steroid dienone is 1. The van der Waals surface area contributed by atoms with Crippen molar-refractivity contribution in [3.8, 4) is 0 Å². The van der Waals surface area contributed by atoms with E-state index in [9.17, 15) is 9.90 Å². The van der Waals surface area contributed by atoms with E-state index in [1.807, 2.05) is 36.4 Å². The van der Waals surface area contributed by atoms with E-state index in [1.54, 1.807) is 24.3 Å². The summed E-state index contributed by atoms with van der Waals surface area (Å²) < 4.78 is 0. The third-order valence-electron chi connectivity index (χ3n) is 2.41. The molecule has 0 radical (unpaired) electrons.